The molecule has 0 bridgehead atoms. The van der Waals surface area contributed by atoms with E-state index in [0.29, 0.717) is 28.7 Å². The Kier molecular flexibility index (Phi) is 4.28. The van der Waals surface area contributed by atoms with Crippen LogP contribution in [0.25, 0.3) is 22.0 Å². The van der Waals surface area contributed by atoms with Gasteiger partial charge in [-0.05, 0) is 30.7 Å². The van der Waals surface area contributed by atoms with Gasteiger partial charge in [0.05, 0.1) is 16.7 Å². The van der Waals surface area contributed by atoms with E-state index in [9.17, 15) is 4.79 Å². The van der Waals surface area contributed by atoms with Crippen LogP contribution < -0.4 is 5.56 Å². The number of thioether (sulfide) groups is 1. The Labute approximate surface area is 148 Å². The maximum atomic E-state index is 12.8. The van der Waals surface area contributed by atoms with Crippen molar-refractivity contribution in [2.45, 2.75) is 30.8 Å². The molecule has 2 aromatic carbocycles. The lowest BCUT2D eigenvalue weighted by Gasteiger charge is -2.11. The van der Waals surface area contributed by atoms with Crippen molar-refractivity contribution in [3.8, 4) is 0 Å². The van der Waals surface area contributed by atoms with Crippen LogP contribution in [-0.4, -0.2) is 14.5 Å². The highest BCUT2D eigenvalue weighted by molar-refractivity contribution is 7.98. The fourth-order valence-electron chi connectivity index (χ4n) is 2.79. The van der Waals surface area contributed by atoms with Crippen LogP contribution in [0.2, 0.25) is 0 Å². The zero-order valence-corrected chi connectivity index (χ0v) is 14.6. The molecular weight excluding hydrogens is 334 g/mol. The molecule has 5 nitrogen and oxygen atoms in total. The zero-order valence-electron chi connectivity index (χ0n) is 13.8. The lowest BCUT2D eigenvalue weighted by molar-refractivity contribution is 0.553. The summed E-state index contributed by atoms with van der Waals surface area (Å²) in [6.45, 7) is 2.70. The van der Waals surface area contributed by atoms with E-state index in [2.05, 4.69) is 16.9 Å². The minimum atomic E-state index is 0.00696. The van der Waals surface area contributed by atoms with Crippen molar-refractivity contribution in [1.29, 1.82) is 0 Å². The molecule has 25 heavy (non-hydrogen) atoms. The molecule has 4 aromatic rings. The van der Waals surface area contributed by atoms with Gasteiger partial charge in [0.2, 0.25) is 5.89 Å². The quantitative estimate of drug-likeness (QED) is 0.397. The van der Waals surface area contributed by atoms with Crippen molar-refractivity contribution in [2.24, 2.45) is 0 Å². The van der Waals surface area contributed by atoms with Crippen LogP contribution in [0.15, 0.2) is 62.9 Å². The highest BCUT2D eigenvalue weighted by Crippen LogP contribution is 2.24. The Balaban J connectivity index is 1.70. The summed E-state index contributed by atoms with van der Waals surface area (Å²) in [6, 6.07) is 15.1. The van der Waals surface area contributed by atoms with E-state index in [1.165, 1.54) is 11.8 Å². The molecule has 0 radical (unpaired) electrons. The van der Waals surface area contributed by atoms with Gasteiger partial charge in [-0.2, -0.15) is 0 Å². The molecule has 0 saturated carbocycles. The van der Waals surface area contributed by atoms with Gasteiger partial charge in [0.1, 0.15) is 5.52 Å². The van der Waals surface area contributed by atoms with Gasteiger partial charge in [-0.1, -0.05) is 43.0 Å². The van der Waals surface area contributed by atoms with Gasteiger partial charge in [-0.3, -0.25) is 9.36 Å². The Morgan fingerprint density at radius 2 is 1.80 bits per heavy atom. The number of para-hydroxylation sites is 3. The molecule has 0 saturated heterocycles. The predicted octanol–water partition coefficient (Wildman–Crippen LogP) is 4.24. The van der Waals surface area contributed by atoms with Crippen LogP contribution in [0.3, 0.4) is 0 Å². The molecule has 0 aliphatic carbocycles. The van der Waals surface area contributed by atoms with Crippen LogP contribution in [0.5, 0.6) is 0 Å². The van der Waals surface area contributed by atoms with Gasteiger partial charge in [-0.25, -0.2) is 9.97 Å². The van der Waals surface area contributed by atoms with E-state index in [1.807, 2.05) is 48.5 Å². The Bertz CT molecular complexity index is 1070. The predicted molar refractivity (Wildman–Crippen MR) is 99.9 cm³/mol. The summed E-state index contributed by atoms with van der Waals surface area (Å²) in [4.78, 5) is 21.9. The second-order valence-electron chi connectivity index (χ2n) is 5.73. The van der Waals surface area contributed by atoms with Crippen LogP contribution in [-0.2, 0) is 12.3 Å². The van der Waals surface area contributed by atoms with Gasteiger partial charge in [-0.15, -0.1) is 0 Å². The van der Waals surface area contributed by atoms with E-state index < -0.39 is 0 Å². The zero-order chi connectivity index (χ0) is 17.2. The van der Waals surface area contributed by atoms with Crippen LogP contribution >= 0.6 is 11.8 Å². The summed E-state index contributed by atoms with van der Waals surface area (Å²) in [5, 5.41) is 1.36. The fourth-order valence-corrected chi connectivity index (χ4v) is 3.66. The van der Waals surface area contributed by atoms with Crippen LogP contribution in [0.1, 0.15) is 19.2 Å². The number of oxazole rings is 1. The lowest BCUT2D eigenvalue weighted by Crippen LogP contribution is -2.23. The molecule has 0 fully saturated rings. The lowest BCUT2D eigenvalue weighted by atomic mass is 10.2. The normalized spacial score (nSPS) is 11.4. The SMILES string of the molecule is CCCn1c(SCc2nc3ccccc3o2)nc2ccccc2c1=O. The van der Waals surface area contributed by atoms with E-state index in [4.69, 9.17) is 4.42 Å². The Morgan fingerprint density at radius 3 is 2.60 bits per heavy atom. The number of benzene rings is 2. The summed E-state index contributed by atoms with van der Waals surface area (Å²) < 4.78 is 7.51. The van der Waals surface area contributed by atoms with E-state index in [0.717, 1.165) is 23.0 Å². The number of hydrogen-bond acceptors (Lipinski definition) is 5. The summed E-state index contributed by atoms with van der Waals surface area (Å²) in [5.74, 6) is 1.17. The summed E-state index contributed by atoms with van der Waals surface area (Å²) in [5.41, 5.74) is 2.35. The molecule has 4 rings (SSSR count). The summed E-state index contributed by atoms with van der Waals surface area (Å²) >= 11 is 1.48. The highest BCUT2D eigenvalue weighted by Gasteiger charge is 2.13. The first-order chi connectivity index (χ1) is 12.3. The summed E-state index contributed by atoms with van der Waals surface area (Å²) in [6.07, 6.45) is 0.871. The number of rotatable bonds is 5. The molecular formula is C19H17N3O2S. The van der Waals surface area contributed by atoms with E-state index in [-0.39, 0.29) is 5.56 Å². The molecule has 0 atom stereocenters. The minimum absolute atomic E-state index is 0.00696. The van der Waals surface area contributed by atoms with Crippen molar-refractivity contribution in [1.82, 2.24) is 14.5 Å². The van der Waals surface area contributed by atoms with Crippen molar-refractivity contribution >= 4 is 33.8 Å². The van der Waals surface area contributed by atoms with Crippen LogP contribution in [0.4, 0.5) is 0 Å². The fraction of sp³-hybridized carbons (Fsp3) is 0.211. The van der Waals surface area contributed by atoms with Crippen molar-refractivity contribution in [2.75, 3.05) is 0 Å². The largest absolute Gasteiger partial charge is 0.440 e. The molecule has 2 heterocycles. The molecule has 126 valence electrons. The third-order valence-electron chi connectivity index (χ3n) is 3.94. The average molecular weight is 351 g/mol. The van der Waals surface area contributed by atoms with Gasteiger partial charge in [0, 0.05) is 6.54 Å². The molecule has 2 aromatic heterocycles. The number of nitrogens with zero attached hydrogens (tertiary/aromatic N) is 3. The minimum Gasteiger partial charge on any atom is -0.440 e. The molecule has 0 aliphatic heterocycles. The molecule has 0 unspecified atom stereocenters. The second-order valence-corrected chi connectivity index (χ2v) is 6.67. The van der Waals surface area contributed by atoms with Crippen molar-refractivity contribution in [3.05, 3.63) is 64.8 Å². The summed E-state index contributed by atoms with van der Waals surface area (Å²) in [7, 11) is 0. The van der Waals surface area contributed by atoms with Crippen molar-refractivity contribution < 1.29 is 4.42 Å². The van der Waals surface area contributed by atoms with Crippen molar-refractivity contribution in [3.63, 3.8) is 0 Å². The van der Waals surface area contributed by atoms with Gasteiger partial charge in [0.25, 0.3) is 5.56 Å². The Hall–Kier alpha value is -2.60. The maximum absolute atomic E-state index is 12.8. The molecule has 0 amide bonds. The molecule has 0 spiro atoms. The Morgan fingerprint density at radius 1 is 1.04 bits per heavy atom. The monoisotopic (exact) mass is 351 g/mol. The number of fused-ring (bicyclic) bond motifs is 2. The number of aromatic nitrogens is 3. The molecule has 6 heteroatoms. The maximum Gasteiger partial charge on any atom is 0.262 e. The first-order valence-electron chi connectivity index (χ1n) is 8.23. The second kappa shape index (κ2) is 6.72. The molecule has 0 aliphatic rings. The third-order valence-corrected chi connectivity index (χ3v) is 4.90. The van der Waals surface area contributed by atoms with Gasteiger partial charge >= 0.3 is 0 Å². The first-order valence-corrected chi connectivity index (χ1v) is 9.21. The smallest absolute Gasteiger partial charge is 0.262 e. The molecule has 0 N–H and O–H groups in total. The average Bonchev–Trinajstić information content (AvgIpc) is 3.06. The number of hydrogen-bond donors (Lipinski definition) is 0. The van der Waals surface area contributed by atoms with E-state index in [1.54, 1.807) is 4.57 Å². The van der Waals surface area contributed by atoms with Gasteiger partial charge < -0.3 is 4.42 Å². The topological polar surface area (TPSA) is 60.9 Å². The third kappa shape index (κ3) is 3.05. The first kappa shape index (κ1) is 15.9. The highest BCUT2D eigenvalue weighted by atomic mass is 32.2. The van der Waals surface area contributed by atoms with Crippen LogP contribution in [0, 0.1) is 0 Å². The standard InChI is InChI=1S/C19H17N3O2S/c1-2-11-22-18(23)13-7-3-4-8-14(13)21-19(22)25-12-17-20-15-9-5-6-10-16(15)24-17/h3-10H,2,11-12H2,1H3. The van der Waals surface area contributed by atoms with E-state index >= 15 is 0 Å². The van der Waals surface area contributed by atoms with Gasteiger partial charge in [0.15, 0.2) is 10.7 Å².